The second kappa shape index (κ2) is 14.5. The molecule has 5 rings (SSSR count). The number of ether oxygens (including phenoxy) is 3. The lowest BCUT2D eigenvalue weighted by Gasteiger charge is -2.29. The van der Waals surface area contributed by atoms with Crippen molar-refractivity contribution in [2.24, 2.45) is 0 Å². The van der Waals surface area contributed by atoms with Crippen LogP contribution in [0.4, 0.5) is 0 Å². The van der Waals surface area contributed by atoms with Gasteiger partial charge in [-0.15, -0.1) is 0 Å². The fourth-order valence-electron chi connectivity index (χ4n) is 4.36. The number of hydrogen-bond donors (Lipinski definition) is 0. The number of hydrogen-bond acceptors (Lipinski definition) is 5. The smallest absolute Gasteiger partial charge is 0.260 e. The van der Waals surface area contributed by atoms with Crippen LogP contribution in [0.15, 0.2) is 152 Å². The van der Waals surface area contributed by atoms with E-state index in [4.69, 9.17) is 14.2 Å². The quantitative estimate of drug-likeness (QED) is 0.133. The highest BCUT2D eigenvalue weighted by atomic mass is 16.7. The molecule has 0 aliphatic carbocycles. The highest BCUT2D eigenvalue weighted by molar-refractivity contribution is 6.02. The molecular weight excluding hydrogens is 512 g/mol. The Morgan fingerprint density at radius 1 is 0.537 bits per heavy atom. The van der Waals surface area contributed by atoms with Gasteiger partial charge in [0.05, 0.1) is 0 Å². The third-order valence-electron chi connectivity index (χ3n) is 6.46. The van der Waals surface area contributed by atoms with Crippen molar-refractivity contribution in [1.82, 2.24) is 0 Å². The first-order valence-corrected chi connectivity index (χ1v) is 13.2. The molecule has 1 atom stereocenters. The lowest BCUT2D eigenvalue weighted by molar-refractivity contribution is -0.176. The Kier molecular flexibility index (Phi) is 10.3. The summed E-state index contributed by atoms with van der Waals surface area (Å²) < 4.78 is 16.8. The van der Waals surface area contributed by atoms with Crippen LogP contribution in [0.1, 0.15) is 37.9 Å². The fraction of sp³-hybridized carbons (Fsp3) is 0.111. The molecule has 5 aromatic carbocycles. The third kappa shape index (κ3) is 7.22. The van der Waals surface area contributed by atoms with Gasteiger partial charge in [-0.1, -0.05) is 140 Å². The van der Waals surface area contributed by atoms with E-state index in [1.165, 1.54) is 14.2 Å². The summed E-state index contributed by atoms with van der Waals surface area (Å²) in [6.07, 6.45) is -0.647. The van der Waals surface area contributed by atoms with E-state index >= 15 is 0 Å². The molecule has 0 saturated carbocycles. The van der Waals surface area contributed by atoms with E-state index in [1.54, 1.807) is 12.1 Å². The normalized spacial score (nSPS) is 11.5. The first-order valence-electron chi connectivity index (χ1n) is 13.2. The second-order valence-corrected chi connectivity index (χ2v) is 9.04. The lowest BCUT2D eigenvalue weighted by Crippen LogP contribution is -2.39. The highest BCUT2D eigenvalue weighted by Gasteiger charge is 2.41. The van der Waals surface area contributed by atoms with Crippen molar-refractivity contribution in [2.45, 2.75) is 11.9 Å². The predicted molar refractivity (Wildman–Crippen MR) is 160 cm³/mol. The lowest BCUT2D eigenvalue weighted by atomic mass is 9.96. The van der Waals surface area contributed by atoms with Crippen LogP contribution in [0.2, 0.25) is 0 Å². The summed E-state index contributed by atoms with van der Waals surface area (Å²) in [7, 11) is 2.94. The standard InChI is InChI=1S/C20H16O2.C16H16O3/c21-19(16-10-4-1-5-11-16)20(17-12-6-2-7-13-17)22-18-14-8-3-9-15-18;1-18-16(19-2,14-11-7-4-8-12-14)15(17)13-9-5-3-6-10-13/h1-15,20H;3-12H,1-2H3. The number of para-hydroxylation sites is 1. The summed E-state index contributed by atoms with van der Waals surface area (Å²) in [4.78, 5) is 25.5. The molecule has 41 heavy (non-hydrogen) atoms. The zero-order chi connectivity index (χ0) is 28.9. The van der Waals surface area contributed by atoms with E-state index in [9.17, 15) is 9.59 Å². The van der Waals surface area contributed by atoms with Gasteiger partial charge in [0.25, 0.3) is 5.79 Å². The molecule has 0 N–H and O–H groups in total. The number of ketones is 2. The summed E-state index contributed by atoms with van der Waals surface area (Å²) in [5.41, 5.74) is 2.72. The summed E-state index contributed by atoms with van der Waals surface area (Å²) in [5.74, 6) is -0.983. The van der Waals surface area contributed by atoms with Gasteiger partial charge in [-0.3, -0.25) is 9.59 Å². The van der Waals surface area contributed by atoms with E-state index in [2.05, 4.69) is 0 Å². The van der Waals surface area contributed by atoms with Crippen LogP contribution in [0.5, 0.6) is 5.75 Å². The molecule has 0 radical (unpaired) electrons. The van der Waals surface area contributed by atoms with Crippen LogP contribution in [0.3, 0.4) is 0 Å². The van der Waals surface area contributed by atoms with Crippen molar-refractivity contribution in [1.29, 1.82) is 0 Å². The Morgan fingerprint density at radius 3 is 1.44 bits per heavy atom. The van der Waals surface area contributed by atoms with Crippen molar-refractivity contribution in [3.05, 3.63) is 174 Å². The molecule has 0 saturated heterocycles. The largest absolute Gasteiger partial charge is 0.478 e. The summed E-state index contributed by atoms with van der Waals surface area (Å²) in [6, 6.07) is 46.4. The first kappa shape index (κ1) is 29.2. The Bertz CT molecular complexity index is 1480. The van der Waals surface area contributed by atoms with Crippen molar-refractivity contribution in [3.8, 4) is 5.75 Å². The Balaban J connectivity index is 0.000000191. The molecule has 5 aromatic rings. The molecule has 0 aliphatic rings. The van der Waals surface area contributed by atoms with Gasteiger partial charge in [-0.2, -0.15) is 0 Å². The average Bonchev–Trinajstić information content (AvgIpc) is 3.06. The maximum Gasteiger partial charge on any atom is 0.260 e. The van der Waals surface area contributed by atoms with Crippen LogP contribution in [0.25, 0.3) is 0 Å². The van der Waals surface area contributed by atoms with Crippen LogP contribution in [-0.2, 0) is 15.3 Å². The van der Waals surface area contributed by atoms with Gasteiger partial charge in [-0.05, 0) is 12.1 Å². The zero-order valence-electron chi connectivity index (χ0n) is 23.1. The number of benzene rings is 5. The minimum Gasteiger partial charge on any atom is -0.478 e. The molecule has 1 unspecified atom stereocenters. The molecule has 0 bridgehead atoms. The summed E-state index contributed by atoms with van der Waals surface area (Å²) >= 11 is 0. The molecule has 0 fully saturated rings. The second-order valence-electron chi connectivity index (χ2n) is 9.04. The van der Waals surface area contributed by atoms with E-state index < -0.39 is 11.9 Å². The predicted octanol–water partition coefficient (Wildman–Crippen LogP) is 7.70. The molecule has 206 valence electrons. The number of methoxy groups -OCH3 is 2. The maximum atomic E-state index is 12.8. The minimum absolute atomic E-state index is 0.0457. The van der Waals surface area contributed by atoms with Gasteiger partial charge in [0.2, 0.25) is 11.6 Å². The summed E-state index contributed by atoms with van der Waals surface area (Å²) in [5, 5.41) is 0. The van der Waals surface area contributed by atoms with Gasteiger partial charge in [0, 0.05) is 36.5 Å². The molecular formula is C36H32O5. The van der Waals surface area contributed by atoms with Gasteiger partial charge >= 0.3 is 0 Å². The molecule has 0 spiro atoms. The van der Waals surface area contributed by atoms with Gasteiger partial charge < -0.3 is 14.2 Å². The molecule has 0 heterocycles. The van der Waals surface area contributed by atoms with Gasteiger partial charge in [-0.25, -0.2) is 0 Å². The fourth-order valence-corrected chi connectivity index (χ4v) is 4.36. The van der Waals surface area contributed by atoms with Crippen LogP contribution in [-0.4, -0.2) is 25.8 Å². The highest BCUT2D eigenvalue weighted by Crippen LogP contribution is 2.30. The van der Waals surface area contributed by atoms with E-state index in [-0.39, 0.29) is 11.6 Å². The van der Waals surface area contributed by atoms with Crippen LogP contribution >= 0.6 is 0 Å². The topological polar surface area (TPSA) is 61.8 Å². The van der Waals surface area contributed by atoms with Crippen molar-refractivity contribution >= 4 is 11.6 Å². The Labute approximate surface area is 241 Å². The summed E-state index contributed by atoms with van der Waals surface area (Å²) in [6.45, 7) is 0. The number of carbonyl (C=O) groups excluding carboxylic acids is 2. The third-order valence-corrected chi connectivity index (χ3v) is 6.46. The van der Waals surface area contributed by atoms with E-state index in [0.29, 0.717) is 22.4 Å². The SMILES string of the molecule is COC(OC)(C(=O)c1ccccc1)c1ccccc1.O=C(c1ccccc1)C(Oc1ccccc1)c1ccccc1. The number of rotatable bonds is 10. The van der Waals surface area contributed by atoms with Crippen molar-refractivity contribution < 1.29 is 23.8 Å². The molecule has 0 amide bonds. The number of carbonyl (C=O) groups is 2. The maximum absolute atomic E-state index is 12.8. The molecule has 5 nitrogen and oxygen atoms in total. The van der Waals surface area contributed by atoms with E-state index in [0.717, 1.165) is 5.56 Å². The van der Waals surface area contributed by atoms with Crippen LogP contribution < -0.4 is 4.74 Å². The molecule has 5 heteroatoms. The van der Waals surface area contributed by atoms with E-state index in [1.807, 2.05) is 140 Å². The average molecular weight is 545 g/mol. The Hall–Kier alpha value is -4.84. The first-order chi connectivity index (χ1) is 20.1. The molecule has 0 aliphatic heterocycles. The Morgan fingerprint density at radius 2 is 0.951 bits per heavy atom. The molecule has 0 aromatic heterocycles. The van der Waals surface area contributed by atoms with Gasteiger partial charge in [0.15, 0.2) is 6.10 Å². The van der Waals surface area contributed by atoms with Crippen molar-refractivity contribution in [3.63, 3.8) is 0 Å². The van der Waals surface area contributed by atoms with Crippen molar-refractivity contribution in [2.75, 3.05) is 14.2 Å². The van der Waals surface area contributed by atoms with Crippen LogP contribution in [0, 0.1) is 0 Å². The van der Waals surface area contributed by atoms with Gasteiger partial charge in [0.1, 0.15) is 5.75 Å². The monoisotopic (exact) mass is 544 g/mol. The zero-order valence-corrected chi connectivity index (χ0v) is 23.1. The minimum atomic E-state index is -1.40. The number of Topliss-reactive ketones (excluding diaryl/α,β-unsaturated/α-hetero) is 2.